The number of para-hydroxylation sites is 1. The lowest BCUT2D eigenvalue weighted by molar-refractivity contribution is -0.124. The van der Waals surface area contributed by atoms with Crippen LogP contribution in [0.15, 0.2) is 22.6 Å². The zero-order valence-corrected chi connectivity index (χ0v) is 15.1. The largest absolute Gasteiger partial charge is 0.459 e. The normalized spacial score (nSPS) is 19.4. The highest BCUT2D eigenvalue weighted by Crippen LogP contribution is 2.35. The van der Waals surface area contributed by atoms with Gasteiger partial charge in [-0.2, -0.15) is 0 Å². The van der Waals surface area contributed by atoms with Gasteiger partial charge in [0.05, 0.1) is 11.6 Å². The van der Waals surface area contributed by atoms with E-state index in [9.17, 15) is 9.59 Å². The van der Waals surface area contributed by atoms with Crippen molar-refractivity contribution in [3.63, 3.8) is 0 Å². The zero-order chi connectivity index (χ0) is 18.1. The number of likely N-dealkylation sites (tertiary alicyclic amines) is 1. The summed E-state index contributed by atoms with van der Waals surface area (Å²) in [6.45, 7) is 3.58. The summed E-state index contributed by atoms with van der Waals surface area (Å²) in [4.78, 5) is 26.4. The Morgan fingerprint density at radius 2 is 2.12 bits per heavy atom. The minimum absolute atomic E-state index is 0.0311. The van der Waals surface area contributed by atoms with Gasteiger partial charge in [0, 0.05) is 37.0 Å². The molecule has 0 saturated carbocycles. The summed E-state index contributed by atoms with van der Waals surface area (Å²) in [5.74, 6) is 0.974. The van der Waals surface area contributed by atoms with Crippen LogP contribution in [-0.4, -0.2) is 36.5 Å². The molecule has 1 aliphatic heterocycles. The Labute approximate surface area is 152 Å². The van der Waals surface area contributed by atoms with Crippen molar-refractivity contribution in [2.24, 2.45) is 5.92 Å². The van der Waals surface area contributed by atoms with Crippen molar-refractivity contribution < 1.29 is 14.0 Å². The van der Waals surface area contributed by atoms with Crippen LogP contribution in [0.25, 0.3) is 11.0 Å². The van der Waals surface area contributed by atoms with Gasteiger partial charge in [0.2, 0.25) is 5.91 Å². The molecular weight excluding hydrogens is 330 g/mol. The molecular formula is C20H25N3O3. The lowest BCUT2D eigenvalue weighted by Gasteiger charge is -2.17. The number of hydrogen-bond acceptors (Lipinski definition) is 3. The summed E-state index contributed by atoms with van der Waals surface area (Å²) in [6, 6.07) is 5.74. The van der Waals surface area contributed by atoms with Gasteiger partial charge in [-0.25, -0.2) is 4.79 Å². The molecule has 1 aromatic heterocycles. The number of urea groups is 1. The fourth-order valence-corrected chi connectivity index (χ4v) is 4.05. The Hall–Kier alpha value is -2.50. The van der Waals surface area contributed by atoms with E-state index in [0.717, 1.165) is 36.0 Å². The molecule has 1 aromatic carbocycles. The van der Waals surface area contributed by atoms with Crippen molar-refractivity contribution in [2.45, 2.75) is 39.0 Å². The predicted octanol–water partition coefficient (Wildman–Crippen LogP) is 3.30. The number of benzene rings is 1. The van der Waals surface area contributed by atoms with Gasteiger partial charge in [-0.3, -0.25) is 4.79 Å². The molecule has 2 aromatic rings. The first kappa shape index (κ1) is 16.9. The van der Waals surface area contributed by atoms with Crippen molar-refractivity contribution in [1.29, 1.82) is 0 Å². The van der Waals surface area contributed by atoms with E-state index in [1.54, 1.807) is 4.90 Å². The molecule has 0 spiro atoms. The van der Waals surface area contributed by atoms with Crippen molar-refractivity contribution >= 4 is 28.6 Å². The number of fused-ring (bicyclic) bond motifs is 3. The van der Waals surface area contributed by atoms with E-state index in [4.69, 9.17) is 4.42 Å². The molecule has 2 heterocycles. The standard InChI is InChI=1S/C20H25N3O3/c1-2-21-19(24)13-10-11-23(12-13)20(25)22-16-8-5-7-15-14-6-3-4-9-17(14)26-18(15)16/h5,7-8,13H,2-4,6,9-12H2,1H3,(H,21,24)(H,22,25). The molecule has 1 saturated heterocycles. The number of nitrogens with one attached hydrogen (secondary N) is 2. The van der Waals surface area contributed by atoms with E-state index < -0.39 is 0 Å². The molecule has 1 aliphatic carbocycles. The molecule has 1 unspecified atom stereocenters. The van der Waals surface area contributed by atoms with Gasteiger partial charge < -0.3 is 20.0 Å². The summed E-state index contributed by atoms with van der Waals surface area (Å²) >= 11 is 0. The second-order valence-corrected chi connectivity index (χ2v) is 7.15. The molecule has 6 heteroatoms. The minimum Gasteiger partial charge on any atom is -0.459 e. The second-order valence-electron chi connectivity index (χ2n) is 7.15. The fraction of sp³-hybridized carbons (Fsp3) is 0.500. The number of carbonyl (C=O) groups is 2. The first-order chi connectivity index (χ1) is 12.7. The highest BCUT2D eigenvalue weighted by atomic mass is 16.3. The number of aryl methyl sites for hydroxylation is 2. The van der Waals surface area contributed by atoms with Crippen LogP contribution in [0.2, 0.25) is 0 Å². The molecule has 1 atom stereocenters. The van der Waals surface area contributed by atoms with Crippen molar-refractivity contribution in [3.8, 4) is 0 Å². The summed E-state index contributed by atoms with van der Waals surface area (Å²) in [7, 11) is 0. The first-order valence-corrected chi connectivity index (χ1v) is 9.54. The molecule has 2 aliphatic rings. The van der Waals surface area contributed by atoms with Crippen molar-refractivity contribution in [3.05, 3.63) is 29.5 Å². The molecule has 4 rings (SSSR count). The first-order valence-electron chi connectivity index (χ1n) is 9.54. The Morgan fingerprint density at radius 1 is 1.27 bits per heavy atom. The van der Waals surface area contributed by atoms with E-state index in [1.807, 2.05) is 19.1 Å². The SMILES string of the molecule is CCNC(=O)C1CCN(C(=O)Nc2cccc3c4c(oc23)CCCC4)C1. The van der Waals surface area contributed by atoms with Crippen LogP contribution in [0.5, 0.6) is 0 Å². The van der Waals surface area contributed by atoms with Gasteiger partial charge in [0.1, 0.15) is 5.76 Å². The van der Waals surface area contributed by atoms with Crippen molar-refractivity contribution in [1.82, 2.24) is 10.2 Å². The van der Waals surface area contributed by atoms with Crippen LogP contribution < -0.4 is 10.6 Å². The van der Waals surface area contributed by atoms with Crippen molar-refractivity contribution in [2.75, 3.05) is 25.0 Å². The topological polar surface area (TPSA) is 74.6 Å². The molecule has 2 N–H and O–H groups in total. The number of furan rings is 1. The van der Waals surface area contributed by atoms with Gasteiger partial charge in [-0.1, -0.05) is 12.1 Å². The van der Waals surface area contributed by atoms with Gasteiger partial charge in [0.25, 0.3) is 0 Å². The van der Waals surface area contributed by atoms with Gasteiger partial charge in [0.15, 0.2) is 5.58 Å². The maximum atomic E-state index is 12.7. The Balaban J connectivity index is 1.50. The lowest BCUT2D eigenvalue weighted by atomic mass is 9.96. The third kappa shape index (κ3) is 3.04. The summed E-state index contributed by atoms with van der Waals surface area (Å²) in [5, 5.41) is 6.94. The molecule has 138 valence electrons. The zero-order valence-electron chi connectivity index (χ0n) is 15.1. The third-order valence-corrected chi connectivity index (χ3v) is 5.42. The third-order valence-electron chi connectivity index (χ3n) is 5.42. The lowest BCUT2D eigenvalue weighted by Crippen LogP contribution is -2.36. The maximum absolute atomic E-state index is 12.7. The predicted molar refractivity (Wildman–Crippen MR) is 100 cm³/mol. The summed E-state index contributed by atoms with van der Waals surface area (Å²) in [6.07, 6.45) is 5.06. The number of anilines is 1. The second kappa shape index (κ2) is 7.02. The highest BCUT2D eigenvalue weighted by Gasteiger charge is 2.31. The minimum atomic E-state index is -0.168. The quantitative estimate of drug-likeness (QED) is 0.887. The number of nitrogens with zero attached hydrogens (tertiary/aromatic N) is 1. The van der Waals surface area contributed by atoms with Crippen LogP contribution in [0.1, 0.15) is 37.5 Å². The monoisotopic (exact) mass is 355 g/mol. The molecule has 1 fully saturated rings. The number of rotatable bonds is 3. The van der Waals surface area contributed by atoms with E-state index in [0.29, 0.717) is 31.7 Å². The maximum Gasteiger partial charge on any atom is 0.321 e. The fourth-order valence-electron chi connectivity index (χ4n) is 4.05. The number of carbonyl (C=O) groups excluding carboxylic acids is 2. The van der Waals surface area contributed by atoms with Gasteiger partial charge in [-0.05, 0) is 38.7 Å². The van der Waals surface area contributed by atoms with E-state index in [1.165, 1.54) is 12.0 Å². The van der Waals surface area contributed by atoms with E-state index in [2.05, 4.69) is 16.7 Å². The Kier molecular flexibility index (Phi) is 4.57. The average Bonchev–Trinajstić information content (AvgIpc) is 3.28. The molecule has 26 heavy (non-hydrogen) atoms. The van der Waals surface area contributed by atoms with Crippen LogP contribution in [-0.2, 0) is 17.6 Å². The van der Waals surface area contributed by atoms with Crippen LogP contribution >= 0.6 is 0 Å². The highest BCUT2D eigenvalue weighted by molar-refractivity contribution is 6.00. The smallest absolute Gasteiger partial charge is 0.321 e. The number of amides is 3. The summed E-state index contributed by atoms with van der Waals surface area (Å²) < 4.78 is 6.08. The van der Waals surface area contributed by atoms with E-state index in [-0.39, 0.29) is 17.9 Å². The molecule has 0 radical (unpaired) electrons. The van der Waals surface area contributed by atoms with Crippen LogP contribution in [0.4, 0.5) is 10.5 Å². The van der Waals surface area contributed by atoms with Gasteiger partial charge in [-0.15, -0.1) is 0 Å². The number of hydrogen-bond donors (Lipinski definition) is 2. The van der Waals surface area contributed by atoms with Gasteiger partial charge >= 0.3 is 6.03 Å². The average molecular weight is 355 g/mol. The van der Waals surface area contributed by atoms with Crippen LogP contribution in [0, 0.1) is 5.92 Å². The Bertz CT molecular complexity index is 842. The summed E-state index contributed by atoms with van der Waals surface area (Å²) in [5.41, 5.74) is 2.77. The van der Waals surface area contributed by atoms with Crippen LogP contribution in [0.3, 0.4) is 0 Å². The molecule has 3 amide bonds. The molecule has 0 bridgehead atoms. The van der Waals surface area contributed by atoms with E-state index >= 15 is 0 Å². The Morgan fingerprint density at radius 3 is 2.96 bits per heavy atom. The molecule has 6 nitrogen and oxygen atoms in total.